The van der Waals surface area contributed by atoms with Crippen LogP contribution in [0.25, 0.3) is 0 Å². The molecular weight excluding hydrogens is 310 g/mol. The molecule has 0 saturated carbocycles. The third-order valence-corrected chi connectivity index (χ3v) is 2.74. The van der Waals surface area contributed by atoms with E-state index in [1.54, 1.807) is 31.2 Å². The Bertz CT molecular complexity index is 662. The number of hydrogen-bond donors (Lipinski definition) is 2. The highest BCUT2D eigenvalue weighted by atomic mass is 35.5. The number of nitrogen functional groups attached to an aromatic ring is 2. The summed E-state index contributed by atoms with van der Waals surface area (Å²) >= 11 is 5.84. The Morgan fingerprint density at radius 3 is 2.59 bits per heavy atom. The van der Waals surface area contributed by atoms with E-state index < -0.39 is 12.1 Å². The fourth-order valence-electron chi connectivity index (χ4n) is 1.57. The summed E-state index contributed by atoms with van der Waals surface area (Å²) in [6.45, 7) is 1.37. The van der Waals surface area contributed by atoms with Gasteiger partial charge in [-0.1, -0.05) is 17.7 Å². The van der Waals surface area contributed by atoms with E-state index >= 15 is 0 Å². The molecule has 0 aliphatic carbocycles. The summed E-state index contributed by atoms with van der Waals surface area (Å²) in [6, 6.07) is 6.70. The van der Waals surface area contributed by atoms with Crippen molar-refractivity contribution in [2.24, 2.45) is 0 Å². The number of nitrogens with zero attached hydrogens (tertiary/aromatic N) is 3. The van der Waals surface area contributed by atoms with Crippen molar-refractivity contribution >= 4 is 29.5 Å². The zero-order valence-electron chi connectivity index (χ0n) is 11.7. The van der Waals surface area contributed by atoms with Gasteiger partial charge in [-0.15, -0.1) is 0 Å². The van der Waals surface area contributed by atoms with Crippen LogP contribution in [0.1, 0.15) is 12.7 Å². The molecular formula is C13H14ClN5O3. The van der Waals surface area contributed by atoms with Crippen LogP contribution in [0.3, 0.4) is 0 Å². The second-order valence-corrected chi connectivity index (χ2v) is 4.73. The summed E-state index contributed by atoms with van der Waals surface area (Å²) in [5.74, 6) is -0.0417. The van der Waals surface area contributed by atoms with Gasteiger partial charge in [-0.25, -0.2) is 4.79 Å². The summed E-state index contributed by atoms with van der Waals surface area (Å²) in [6.07, 6.45) is -0.824. The van der Waals surface area contributed by atoms with Crippen LogP contribution in [0, 0.1) is 0 Å². The van der Waals surface area contributed by atoms with Crippen LogP contribution in [0.15, 0.2) is 24.3 Å². The molecule has 0 spiro atoms. The van der Waals surface area contributed by atoms with Crippen molar-refractivity contribution in [3.63, 3.8) is 0 Å². The summed E-state index contributed by atoms with van der Waals surface area (Å²) in [4.78, 5) is 23.1. The van der Waals surface area contributed by atoms with E-state index in [0.29, 0.717) is 10.8 Å². The van der Waals surface area contributed by atoms with E-state index in [-0.39, 0.29) is 24.3 Å². The molecule has 1 aromatic heterocycles. The maximum atomic E-state index is 11.9. The topological polar surface area (TPSA) is 126 Å². The molecule has 4 N–H and O–H groups in total. The van der Waals surface area contributed by atoms with Gasteiger partial charge < -0.3 is 20.9 Å². The average Bonchev–Trinajstić information content (AvgIpc) is 2.43. The first kappa shape index (κ1) is 15.8. The van der Waals surface area contributed by atoms with E-state index in [4.69, 9.17) is 32.5 Å². The van der Waals surface area contributed by atoms with Crippen LogP contribution in [0.5, 0.6) is 5.75 Å². The largest absolute Gasteiger partial charge is 0.479 e. The SMILES string of the molecule is C[C@H](Oc1cccc(Cl)c1)C(=O)OCc1nc(N)nc(N)n1. The number of nitrogens with two attached hydrogens (primary N) is 2. The van der Waals surface area contributed by atoms with Crippen molar-refractivity contribution in [3.8, 4) is 5.75 Å². The quantitative estimate of drug-likeness (QED) is 0.786. The lowest BCUT2D eigenvalue weighted by Crippen LogP contribution is -2.26. The van der Waals surface area contributed by atoms with E-state index in [0.717, 1.165) is 0 Å². The molecule has 0 radical (unpaired) electrons. The third-order valence-electron chi connectivity index (χ3n) is 2.50. The van der Waals surface area contributed by atoms with Crippen LogP contribution in [-0.4, -0.2) is 27.0 Å². The molecule has 1 aromatic carbocycles. The van der Waals surface area contributed by atoms with Crippen molar-refractivity contribution < 1.29 is 14.3 Å². The summed E-state index contributed by atoms with van der Waals surface area (Å²) in [5.41, 5.74) is 10.8. The van der Waals surface area contributed by atoms with Crippen molar-refractivity contribution in [2.75, 3.05) is 11.5 Å². The molecule has 0 bridgehead atoms. The molecule has 0 aliphatic heterocycles. The Labute approximate surface area is 131 Å². The van der Waals surface area contributed by atoms with Gasteiger partial charge in [-0.2, -0.15) is 15.0 Å². The minimum absolute atomic E-state index is 0.0400. The first-order valence-electron chi connectivity index (χ1n) is 6.29. The number of anilines is 2. The van der Waals surface area contributed by atoms with Gasteiger partial charge in [0.1, 0.15) is 5.75 Å². The third kappa shape index (κ3) is 4.45. The van der Waals surface area contributed by atoms with Gasteiger partial charge in [-0.05, 0) is 25.1 Å². The smallest absolute Gasteiger partial charge is 0.347 e. The highest BCUT2D eigenvalue weighted by molar-refractivity contribution is 6.30. The maximum absolute atomic E-state index is 11.9. The monoisotopic (exact) mass is 323 g/mol. The zero-order chi connectivity index (χ0) is 16.1. The number of esters is 1. The predicted molar refractivity (Wildman–Crippen MR) is 80.0 cm³/mol. The normalized spacial score (nSPS) is 11.7. The Hall–Kier alpha value is -2.61. The van der Waals surface area contributed by atoms with E-state index in [1.807, 2.05) is 0 Å². The van der Waals surface area contributed by atoms with Crippen LogP contribution >= 0.6 is 11.6 Å². The van der Waals surface area contributed by atoms with Crippen LogP contribution < -0.4 is 16.2 Å². The van der Waals surface area contributed by atoms with Gasteiger partial charge in [0.2, 0.25) is 11.9 Å². The van der Waals surface area contributed by atoms with Gasteiger partial charge in [0.15, 0.2) is 18.5 Å². The maximum Gasteiger partial charge on any atom is 0.347 e. The van der Waals surface area contributed by atoms with Gasteiger partial charge in [0, 0.05) is 5.02 Å². The molecule has 0 saturated heterocycles. The lowest BCUT2D eigenvalue weighted by molar-refractivity contribution is -0.152. The first-order chi connectivity index (χ1) is 10.4. The van der Waals surface area contributed by atoms with Crippen LogP contribution in [-0.2, 0) is 16.1 Å². The molecule has 8 nitrogen and oxygen atoms in total. The molecule has 0 aliphatic rings. The van der Waals surface area contributed by atoms with Crippen molar-refractivity contribution in [1.82, 2.24) is 15.0 Å². The van der Waals surface area contributed by atoms with E-state index in [2.05, 4.69) is 15.0 Å². The van der Waals surface area contributed by atoms with E-state index in [9.17, 15) is 4.79 Å². The molecule has 116 valence electrons. The first-order valence-corrected chi connectivity index (χ1v) is 6.66. The number of halogens is 1. The minimum Gasteiger partial charge on any atom is -0.479 e. The standard InChI is InChI=1S/C13H14ClN5O3/c1-7(22-9-4-2-3-8(14)5-9)11(20)21-6-10-17-12(15)19-13(16)18-10/h2-5,7H,6H2,1H3,(H4,15,16,17,18,19)/t7-/m0/s1. The predicted octanol–water partition coefficient (Wildman–Crippen LogP) is 1.20. The summed E-state index contributed by atoms with van der Waals surface area (Å²) in [5, 5.41) is 0.509. The molecule has 0 unspecified atom stereocenters. The summed E-state index contributed by atoms with van der Waals surface area (Å²) < 4.78 is 10.5. The molecule has 2 aromatic rings. The van der Waals surface area contributed by atoms with Gasteiger partial charge >= 0.3 is 5.97 Å². The number of rotatable bonds is 5. The van der Waals surface area contributed by atoms with Gasteiger partial charge in [0.25, 0.3) is 0 Å². The fraction of sp³-hybridized carbons (Fsp3) is 0.231. The molecule has 1 atom stereocenters. The highest BCUT2D eigenvalue weighted by Gasteiger charge is 2.17. The summed E-state index contributed by atoms with van der Waals surface area (Å²) in [7, 11) is 0. The Balaban J connectivity index is 1.91. The second-order valence-electron chi connectivity index (χ2n) is 4.29. The van der Waals surface area contributed by atoms with Crippen LogP contribution in [0.2, 0.25) is 5.02 Å². The fourth-order valence-corrected chi connectivity index (χ4v) is 1.75. The van der Waals surface area contributed by atoms with Crippen LogP contribution in [0.4, 0.5) is 11.9 Å². The molecule has 0 amide bonds. The van der Waals surface area contributed by atoms with Crippen molar-refractivity contribution in [2.45, 2.75) is 19.6 Å². The average molecular weight is 324 g/mol. The number of carbonyl (C=O) groups is 1. The molecule has 1 heterocycles. The number of hydrogen-bond acceptors (Lipinski definition) is 8. The van der Waals surface area contributed by atoms with Gasteiger partial charge in [0.05, 0.1) is 0 Å². The number of aromatic nitrogens is 3. The molecule has 9 heteroatoms. The Kier molecular flexibility index (Phi) is 4.95. The number of benzene rings is 1. The zero-order valence-corrected chi connectivity index (χ0v) is 12.4. The Morgan fingerprint density at radius 2 is 1.95 bits per heavy atom. The van der Waals surface area contributed by atoms with E-state index in [1.165, 1.54) is 0 Å². The molecule has 0 fully saturated rings. The number of carbonyl (C=O) groups excluding carboxylic acids is 1. The van der Waals surface area contributed by atoms with Crippen molar-refractivity contribution in [3.05, 3.63) is 35.1 Å². The second kappa shape index (κ2) is 6.90. The van der Waals surface area contributed by atoms with Gasteiger partial charge in [-0.3, -0.25) is 0 Å². The minimum atomic E-state index is -0.824. The lowest BCUT2D eigenvalue weighted by atomic mass is 10.3. The lowest BCUT2D eigenvalue weighted by Gasteiger charge is -2.13. The molecule has 2 rings (SSSR count). The van der Waals surface area contributed by atoms with Crippen molar-refractivity contribution in [1.29, 1.82) is 0 Å². The molecule has 22 heavy (non-hydrogen) atoms. The number of ether oxygens (including phenoxy) is 2. The highest BCUT2D eigenvalue weighted by Crippen LogP contribution is 2.18. The Morgan fingerprint density at radius 1 is 1.27 bits per heavy atom.